The Kier molecular flexibility index (Phi) is 5.06. The molecule has 0 saturated heterocycles. The zero-order valence-corrected chi connectivity index (χ0v) is 12.9. The van der Waals surface area contributed by atoms with Crippen molar-refractivity contribution in [2.45, 2.75) is 17.1 Å². The van der Waals surface area contributed by atoms with Gasteiger partial charge in [-0.3, -0.25) is 4.79 Å². The summed E-state index contributed by atoms with van der Waals surface area (Å²) >= 11 is 8.86. The molecule has 1 atom stereocenters. The van der Waals surface area contributed by atoms with E-state index in [2.05, 4.69) is 54.5 Å². The molecule has 0 heterocycles. The lowest BCUT2D eigenvalue weighted by Gasteiger charge is -2.06. The first kappa shape index (κ1) is 12.6. The summed E-state index contributed by atoms with van der Waals surface area (Å²) in [7, 11) is 0. The van der Waals surface area contributed by atoms with Crippen molar-refractivity contribution in [2.24, 2.45) is 0 Å². The monoisotopic (exact) mass is 430 g/mol. The standard InChI is InChI=1S/C10H9Br2IO/c1-6(12)10(14)8-3-2-7(5-11)4-9(8)13/h2-4,6H,5H2,1H3. The molecule has 0 bridgehead atoms. The summed E-state index contributed by atoms with van der Waals surface area (Å²) in [4.78, 5) is 11.6. The van der Waals surface area contributed by atoms with Gasteiger partial charge in [0, 0.05) is 14.5 Å². The summed E-state index contributed by atoms with van der Waals surface area (Å²) < 4.78 is 1.01. The average Bonchev–Trinajstić information content (AvgIpc) is 2.16. The Bertz CT molecular complexity index is 350. The number of hydrogen-bond acceptors (Lipinski definition) is 1. The number of carbonyl (C=O) groups excluding carboxylic acids is 1. The maximum absolute atomic E-state index is 11.7. The molecule has 1 nitrogen and oxygen atoms in total. The molecule has 1 aromatic carbocycles. The molecule has 0 N–H and O–H groups in total. The zero-order chi connectivity index (χ0) is 10.7. The number of carbonyl (C=O) groups is 1. The SMILES string of the molecule is CC(Br)C(=O)c1ccc(CBr)cc1I. The summed E-state index contributed by atoms with van der Waals surface area (Å²) in [5.41, 5.74) is 1.98. The summed E-state index contributed by atoms with van der Waals surface area (Å²) in [5, 5.41) is 0.821. The van der Waals surface area contributed by atoms with E-state index in [-0.39, 0.29) is 10.6 Å². The second-order valence-corrected chi connectivity index (χ2v) is 6.02. The van der Waals surface area contributed by atoms with E-state index in [0.717, 1.165) is 14.5 Å². The van der Waals surface area contributed by atoms with Crippen LogP contribution in [-0.4, -0.2) is 10.6 Å². The molecule has 1 aromatic rings. The van der Waals surface area contributed by atoms with Crippen LogP contribution in [0.25, 0.3) is 0 Å². The Morgan fingerprint density at radius 1 is 1.57 bits per heavy atom. The number of ketones is 1. The fourth-order valence-corrected chi connectivity index (χ4v) is 2.50. The van der Waals surface area contributed by atoms with Crippen molar-refractivity contribution in [1.82, 2.24) is 0 Å². The van der Waals surface area contributed by atoms with Crippen LogP contribution in [0, 0.1) is 3.57 Å². The van der Waals surface area contributed by atoms with E-state index >= 15 is 0 Å². The molecular formula is C10H9Br2IO. The van der Waals surface area contributed by atoms with Crippen molar-refractivity contribution in [2.75, 3.05) is 0 Å². The second-order valence-electron chi connectivity index (χ2n) is 2.93. The first-order valence-electron chi connectivity index (χ1n) is 4.09. The first-order valence-corrected chi connectivity index (χ1v) is 7.20. The lowest BCUT2D eigenvalue weighted by Crippen LogP contribution is -2.11. The van der Waals surface area contributed by atoms with E-state index in [9.17, 15) is 4.79 Å². The van der Waals surface area contributed by atoms with Gasteiger partial charge in [0.2, 0.25) is 0 Å². The molecule has 0 aliphatic rings. The summed E-state index contributed by atoms with van der Waals surface area (Å²) in [6, 6.07) is 5.88. The van der Waals surface area contributed by atoms with Crippen LogP contribution in [0.2, 0.25) is 0 Å². The molecule has 0 aromatic heterocycles. The Labute approximate surface area is 114 Å². The van der Waals surface area contributed by atoms with Crippen molar-refractivity contribution in [1.29, 1.82) is 0 Å². The minimum absolute atomic E-state index is 0.120. The number of rotatable bonds is 3. The number of Topliss-reactive ketones (excluding diaryl/α,β-unsaturated/α-hetero) is 1. The van der Waals surface area contributed by atoms with E-state index in [1.54, 1.807) is 0 Å². The fourth-order valence-electron chi connectivity index (χ4n) is 1.06. The fraction of sp³-hybridized carbons (Fsp3) is 0.300. The van der Waals surface area contributed by atoms with Gasteiger partial charge in [0.05, 0.1) is 4.83 Å². The number of benzene rings is 1. The van der Waals surface area contributed by atoms with Crippen molar-refractivity contribution in [3.8, 4) is 0 Å². The molecule has 0 amide bonds. The third kappa shape index (κ3) is 3.03. The zero-order valence-electron chi connectivity index (χ0n) is 7.56. The Hall–Kier alpha value is 0.580. The van der Waals surface area contributed by atoms with Gasteiger partial charge in [-0.15, -0.1) is 0 Å². The van der Waals surface area contributed by atoms with Crippen LogP contribution in [-0.2, 0) is 5.33 Å². The third-order valence-electron chi connectivity index (χ3n) is 1.81. The Morgan fingerprint density at radius 2 is 2.21 bits per heavy atom. The predicted octanol–water partition coefficient (Wildman–Crippen LogP) is 4.15. The Morgan fingerprint density at radius 3 is 2.64 bits per heavy atom. The highest BCUT2D eigenvalue weighted by molar-refractivity contribution is 14.1. The van der Waals surface area contributed by atoms with E-state index in [1.165, 1.54) is 5.56 Å². The van der Waals surface area contributed by atoms with Gasteiger partial charge in [0.1, 0.15) is 0 Å². The predicted molar refractivity (Wildman–Crippen MR) is 74.5 cm³/mol. The van der Waals surface area contributed by atoms with E-state index in [0.29, 0.717) is 0 Å². The lowest BCUT2D eigenvalue weighted by atomic mass is 10.1. The van der Waals surface area contributed by atoms with Crippen LogP contribution in [0.1, 0.15) is 22.8 Å². The minimum atomic E-state index is -0.120. The highest BCUT2D eigenvalue weighted by Crippen LogP contribution is 2.19. The molecule has 14 heavy (non-hydrogen) atoms. The van der Waals surface area contributed by atoms with E-state index in [1.807, 2.05) is 25.1 Å². The summed E-state index contributed by atoms with van der Waals surface area (Å²) in [5.74, 6) is 0.135. The van der Waals surface area contributed by atoms with E-state index < -0.39 is 0 Å². The normalized spacial score (nSPS) is 12.6. The number of hydrogen-bond donors (Lipinski definition) is 0. The van der Waals surface area contributed by atoms with Crippen molar-refractivity contribution >= 4 is 60.2 Å². The van der Waals surface area contributed by atoms with Crippen molar-refractivity contribution in [3.05, 3.63) is 32.9 Å². The smallest absolute Gasteiger partial charge is 0.177 e. The van der Waals surface area contributed by atoms with Gasteiger partial charge in [-0.25, -0.2) is 0 Å². The topological polar surface area (TPSA) is 17.1 Å². The molecular weight excluding hydrogens is 423 g/mol. The molecule has 4 heteroatoms. The van der Waals surface area contributed by atoms with Gasteiger partial charge >= 0.3 is 0 Å². The molecule has 0 saturated carbocycles. The van der Waals surface area contributed by atoms with Crippen LogP contribution < -0.4 is 0 Å². The van der Waals surface area contributed by atoms with Crippen LogP contribution in [0.15, 0.2) is 18.2 Å². The molecule has 1 rings (SSSR count). The molecule has 1 unspecified atom stereocenters. The molecule has 76 valence electrons. The maximum Gasteiger partial charge on any atom is 0.177 e. The quantitative estimate of drug-likeness (QED) is 0.399. The highest BCUT2D eigenvalue weighted by Gasteiger charge is 2.14. The van der Waals surface area contributed by atoms with Crippen LogP contribution in [0.5, 0.6) is 0 Å². The molecule has 0 aliphatic heterocycles. The van der Waals surface area contributed by atoms with Crippen LogP contribution in [0.4, 0.5) is 0 Å². The molecule has 0 radical (unpaired) electrons. The number of halogens is 3. The molecule has 0 aliphatic carbocycles. The largest absolute Gasteiger partial charge is 0.293 e. The van der Waals surface area contributed by atoms with Crippen LogP contribution >= 0.6 is 54.5 Å². The third-order valence-corrected chi connectivity index (χ3v) is 3.77. The first-order chi connectivity index (χ1) is 6.56. The van der Waals surface area contributed by atoms with Gasteiger partial charge < -0.3 is 0 Å². The van der Waals surface area contributed by atoms with Crippen molar-refractivity contribution in [3.63, 3.8) is 0 Å². The maximum atomic E-state index is 11.7. The van der Waals surface area contributed by atoms with E-state index in [4.69, 9.17) is 0 Å². The van der Waals surface area contributed by atoms with Gasteiger partial charge in [-0.1, -0.05) is 37.9 Å². The summed E-state index contributed by atoms with van der Waals surface area (Å²) in [6.45, 7) is 1.84. The number of alkyl halides is 2. The lowest BCUT2D eigenvalue weighted by molar-refractivity contribution is 0.0995. The average molecular weight is 432 g/mol. The summed E-state index contributed by atoms with van der Waals surface area (Å²) in [6.07, 6.45) is 0. The van der Waals surface area contributed by atoms with Gasteiger partial charge in [-0.05, 0) is 47.2 Å². The second kappa shape index (κ2) is 5.61. The minimum Gasteiger partial charge on any atom is -0.293 e. The van der Waals surface area contributed by atoms with Crippen molar-refractivity contribution < 1.29 is 4.79 Å². The molecule has 0 spiro atoms. The Balaban J connectivity index is 3.06. The van der Waals surface area contributed by atoms with Gasteiger partial charge in [0.25, 0.3) is 0 Å². The van der Waals surface area contributed by atoms with Gasteiger partial charge in [0.15, 0.2) is 5.78 Å². The van der Waals surface area contributed by atoms with Gasteiger partial charge in [-0.2, -0.15) is 0 Å². The molecule has 0 fully saturated rings. The highest BCUT2D eigenvalue weighted by atomic mass is 127. The van der Waals surface area contributed by atoms with Crippen LogP contribution in [0.3, 0.4) is 0 Å².